The highest BCUT2D eigenvalue weighted by molar-refractivity contribution is 9.10. The largest absolute Gasteiger partial charge is 0.497 e. The maximum atomic E-state index is 13.6. The van der Waals surface area contributed by atoms with E-state index in [1.807, 2.05) is 22.8 Å². The Balaban J connectivity index is 2.36. The summed E-state index contributed by atoms with van der Waals surface area (Å²) in [6.45, 7) is 0. The van der Waals surface area contributed by atoms with Crippen LogP contribution >= 0.6 is 27.5 Å². The number of nitrogens with zero attached hydrogens (tertiary/aromatic N) is 2. The highest BCUT2D eigenvalue weighted by atomic mass is 79.9. The lowest BCUT2D eigenvalue weighted by molar-refractivity contribution is 0.415. The van der Waals surface area contributed by atoms with Crippen LogP contribution in [-0.4, -0.2) is 16.7 Å². The molecule has 21 heavy (non-hydrogen) atoms. The second-order valence-electron chi connectivity index (χ2n) is 4.45. The van der Waals surface area contributed by atoms with E-state index in [0.717, 1.165) is 15.5 Å². The van der Waals surface area contributed by atoms with E-state index in [0.29, 0.717) is 17.3 Å². The van der Waals surface area contributed by atoms with Crippen LogP contribution in [0.15, 0.2) is 40.9 Å². The number of halogens is 3. The molecule has 0 aliphatic carbocycles. The molecule has 1 heterocycles. The quantitative estimate of drug-likeness (QED) is 0.627. The molecule has 3 aromatic rings. The first-order chi connectivity index (χ1) is 10.1. The Bertz CT molecular complexity index is 819. The van der Waals surface area contributed by atoms with E-state index in [2.05, 4.69) is 20.9 Å². The van der Waals surface area contributed by atoms with Crippen molar-refractivity contribution in [2.45, 2.75) is 5.88 Å². The molecule has 3 rings (SSSR count). The van der Waals surface area contributed by atoms with E-state index in [1.165, 1.54) is 12.1 Å². The minimum absolute atomic E-state index is 0.222. The molecule has 6 heteroatoms. The molecule has 0 aliphatic heterocycles. The topological polar surface area (TPSA) is 27.1 Å². The average Bonchev–Trinajstić information content (AvgIpc) is 2.87. The molecule has 0 amide bonds. The van der Waals surface area contributed by atoms with Gasteiger partial charge in [0, 0.05) is 10.5 Å². The molecule has 0 N–H and O–H groups in total. The summed E-state index contributed by atoms with van der Waals surface area (Å²) in [5.74, 6) is 1.25. The molecule has 0 atom stereocenters. The van der Waals surface area contributed by atoms with Crippen molar-refractivity contribution in [3.63, 3.8) is 0 Å². The van der Waals surface area contributed by atoms with Crippen LogP contribution in [0, 0.1) is 5.82 Å². The van der Waals surface area contributed by atoms with Crippen molar-refractivity contribution in [1.82, 2.24) is 9.55 Å². The van der Waals surface area contributed by atoms with Crippen LogP contribution in [0.3, 0.4) is 0 Å². The first kappa shape index (κ1) is 14.4. The normalized spacial score (nSPS) is 11.0. The number of rotatable bonds is 3. The molecule has 0 spiro atoms. The Morgan fingerprint density at radius 3 is 2.81 bits per heavy atom. The predicted octanol–water partition coefficient (Wildman–Crippen LogP) is 4.67. The number of fused-ring (bicyclic) bond motifs is 1. The highest BCUT2D eigenvalue weighted by Gasteiger charge is 2.15. The lowest BCUT2D eigenvalue weighted by Crippen LogP contribution is -2.01. The van der Waals surface area contributed by atoms with Gasteiger partial charge in [0.15, 0.2) is 0 Å². The maximum Gasteiger partial charge on any atom is 0.129 e. The van der Waals surface area contributed by atoms with Crippen molar-refractivity contribution in [3.8, 4) is 11.4 Å². The molecule has 1 aromatic heterocycles. The maximum absolute atomic E-state index is 13.6. The number of ether oxygens (including phenoxy) is 1. The molecule has 108 valence electrons. The lowest BCUT2D eigenvalue weighted by Gasteiger charge is -2.10. The molecule has 0 bridgehead atoms. The van der Waals surface area contributed by atoms with Gasteiger partial charge in [-0.15, -0.1) is 11.6 Å². The van der Waals surface area contributed by atoms with E-state index in [-0.39, 0.29) is 11.7 Å². The summed E-state index contributed by atoms with van der Waals surface area (Å²) in [5, 5.41) is 0. The summed E-state index contributed by atoms with van der Waals surface area (Å²) in [4.78, 5) is 4.49. The first-order valence-corrected chi connectivity index (χ1v) is 7.53. The minimum atomic E-state index is -0.321. The molecule has 0 saturated carbocycles. The van der Waals surface area contributed by atoms with Gasteiger partial charge in [-0.1, -0.05) is 0 Å². The third-order valence-corrected chi connectivity index (χ3v) is 4.11. The number of aromatic nitrogens is 2. The number of benzene rings is 2. The summed E-state index contributed by atoms with van der Waals surface area (Å²) >= 11 is 9.44. The van der Waals surface area contributed by atoms with E-state index in [9.17, 15) is 4.39 Å². The summed E-state index contributed by atoms with van der Waals surface area (Å²) in [7, 11) is 1.60. The van der Waals surface area contributed by atoms with E-state index < -0.39 is 0 Å². The summed E-state index contributed by atoms with van der Waals surface area (Å²) < 4.78 is 21.5. The summed E-state index contributed by atoms with van der Waals surface area (Å²) in [6, 6.07) is 10.0. The molecular weight excluding hydrogens is 359 g/mol. The third-order valence-electron chi connectivity index (χ3n) is 3.20. The fourth-order valence-corrected chi connectivity index (χ4v) is 2.85. The van der Waals surface area contributed by atoms with Crippen molar-refractivity contribution in [1.29, 1.82) is 0 Å². The van der Waals surface area contributed by atoms with Gasteiger partial charge in [-0.2, -0.15) is 0 Å². The van der Waals surface area contributed by atoms with Gasteiger partial charge in [0.2, 0.25) is 0 Å². The molecule has 0 saturated heterocycles. The SMILES string of the molecule is COc1ccc2nc(CCl)n(-c3cc(F)ccc3Br)c2c1. The Labute approximate surface area is 134 Å². The molecule has 0 unspecified atom stereocenters. The zero-order valence-electron chi connectivity index (χ0n) is 11.1. The van der Waals surface area contributed by atoms with Crippen molar-refractivity contribution in [2.24, 2.45) is 0 Å². The summed E-state index contributed by atoms with van der Waals surface area (Å²) in [5.41, 5.74) is 2.25. The second kappa shape index (κ2) is 5.66. The van der Waals surface area contributed by atoms with Gasteiger partial charge in [-0.25, -0.2) is 9.37 Å². The Morgan fingerprint density at radius 2 is 2.10 bits per heavy atom. The first-order valence-electron chi connectivity index (χ1n) is 6.21. The van der Waals surface area contributed by atoms with E-state index >= 15 is 0 Å². The Kier molecular flexibility index (Phi) is 3.87. The standard InChI is InChI=1S/C15H11BrClFN2O/c1-21-10-3-5-12-14(7-10)20(15(8-17)19-12)13-6-9(18)2-4-11(13)16/h2-7H,8H2,1H3. The minimum Gasteiger partial charge on any atom is -0.497 e. The van der Waals surface area contributed by atoms with E-state index in [4.69, 9.17) is 16.3 Å². The van der Waals surface area contributed by atoms with Crippen LogP contribution in [0.2, 0.25) is 0 Å². The number of imidazole rings is 1. The third kappa shape index (κ3) is 2.51. The van der Waals surface area contributed by atoms with Gasteiger partial charge in [-0.05, 0) is 46.3 Å². The molecule has 0 radical (unpaired) electrons. The predicted molar refractivity (Wildman–Crippen MR) is 84.8 cm³/mol. The van der Waals surface area contributed by atoms with Gasteiger partial charge < -0.3 is 4.74 Å². The lowest BCUT2D eigenvalue weighted by atomic mass is 10.2. The Morgan fingerprint density at radius 1 is 1.29 bits per heavy atom. The fraction of sp³-hybridized carbons (Fsp3) is 0.133. The van der Waals surface area contributed by atoms with Crippen LogP contribution in [0.25, 0.3) is 16.7 Å². The number of hydrogen-bond donors (Lipinski definition) is 0. The number of methoxy groups -OCH3 is 1. The van der Waals surface area contributed by atoms with Crippen LogP contribution in [-0.2, 0) is 5.88 Å². The molecular formula is C15H11BrClFN2O. The molecule has 0 aliphatic rings. The van der Waals surface area contributed by atoms with Crippen LogP contribution in [0.1, 0.15) is 5.82 Å². The van der Waals surface area contributed by atoms with Crippen molar-refractivity contribution < 1.29 is 9.13 Å². The van der Waals surface area contributed by atoms with Gasteiger partial charge in [0.1, 0.15) is 17.4 Å². The number of hydrogen-bond acceptors (Lipinski definition) is 2. The summed E-state index contributed by atoms with van der Waals surface area (Å²) in [6.07, 6.45) is 0. The monoisotopic (exact) mass is 368 g/mol. The number of alkyl halides is 1. The molecule has 0 fully saturated rings. The highest BCUT2D eigenvalue weighted by Crippen LogP contribution is 2.30. The van der Waals surface area contributed by atoms with Crippen molar-refractivity contribution >= 4 is 38.6 Å². The van der Waals surface area contributed by atoms with Crippen LogP contribution in [0.4, 0.5) is 4.39 Å². The fourth-order valence-electron chi connectivity index (χ4n) is 2.25. The van der Waals surface area contributed by atoms with E-state index in [1.54, 1.807) is 13.2 Å². The molecule has 3 nitrogen and oxygen atoms in total. The van der Waals surface area contributed by atoms with Crippen molar-refractivity contribution in [2.75, 3.05) is 7.11 Å². The molecule has 2 aromatic carbocycles. The zero-order chi connectivity index (χ0) is 15.0. The van der Waals surface area contributed by atoms with Crippen molar-refractivity contribution in [3.05, 3.63) is 52.5 Å². The van der Waals surface area contributed by atoms with Gasteiger partial charge >= 0.3 is 0 Å². The van der Waals surface area contributed by atoms with Gasteiger partial charge in [0.25, 0.3) is 0 Å². The zero-order valence-corrected chi connectivity index (χ0v) is 13.4. The van der Waals surface area contributed by atoms with Gasteiger partial charge in [0.05, 0.1) is 29.7 Å². The average molecular weight is 370 g/mol. The van der Waals surface area contributed by atoms with Gasteiger partial charge in [-0.3, -0.25) is 4.57 Å². The Hall–Kier alpha value is -1.59. The smallest absolute Gasteiger partial charge is 0.129 e. The van der Waals surface area contributed by atoms with Crippen LogP contribution in [0.5, 0.6) is 5.75 Å². The van der Waals surface area contributed by atoms with Crippen LogP contribution < -0.4 is 4.74 Å². The second-order valence-corrected chi connectivity index (χ2v) is 5.57.